The number of likely N-dealkylation sites (N-methyl/N-ethyl adjacent to an activating group) is 1. The summed E-state index contributed by atoms with van der Waals surface area (Å²) in [7, 11) is 1.65. The number of benzene rings is 1. The SMILES string of the molecule is CCN(C(=O)C1CCCO1)C(C)c1cccc(OC)c1. The molecule has 0 aromatic heterocycles. The maximum absolute atomic E-state index is 12.5. The summed E-state index contributed by atoms with van der Waals surface area (Å²) in [6.07, 6.45) is 1.55. The fourth-order valence-corrected chi connectivity index (χ4v) is 2.66. The molecule has 1 aromatic carbocycles. The fourth-order valence-electron chi connectivity index (χ4n) is 2.66. The quantitative estimate of drug-likeness (QED) is 0.830. The number of ether oxygens (including phenoxy) is 2. The number of methoxy groups -OCH3 is 1. The zero-order valence-corrected chi connectivity index (χ0v) is 12.5. The van der Waals surface area contributed by atoms with Crippen LogP contribution in [-0.2, 0) is 9.53 Å². The third-order valence-electron chi connectivity index (χ3n) is 3.87. The van der Waals surface area contributed by atoms with E-state index >= 15 is 0 Å². The Morgan fingerprint density at radius 3 is 2.95 bits per heavy atom. The van der Waals surface area contributed by atoms with E-state index in [1.807, 2.05) is 43.0 Å². The van der Waals surface area contributed by atoms with Gasteiger partial charge in [0.05, 0.1) is 13.2 Å². The van der Waals surface area contributed by atoms with E-state index in [-0.39, 0.29) is 18.1 Å². The van der Waals surface area contributed by atoms with Crippen LogP contribution in [0.4, 0.5) is 0 Å². The van der Waals surface area contributed by atoms with Gasteiger partial charge in [-0.2, -0.15) is 0 Å². The smallest absolute Gasteiger partial charge is 0.252 e. The number of rotatable bonds is 5. The molecule has 0 aliphatic carbocycles. The Morgan fingerprint density at radius 1 is 1.55 bits per heavy atom. The summed E-state index contributed by atoms with van der Waals surface area (Å²) in [5, 5.41) is 0. The standard InChI is InChI=1S/C16H23NO3/c1-4-17(16(18)15-9-6-10-20-15)12(2)13-7-5-8-14(11-13)19-3/h5,7-8,11-12,15H,4,6,9-10H2,1-3H3. The van der Waals surface area contributed by atoms with Crippen LogP contribution in [0, 0.1) is 0 Å². The van der Waals surface area contributed by atoms with Crippen molar-refractivity contribution >= 4 is 5.91 Å². The molecule has 1 aliphatic heterocycles. The van der Waals surface area contributed by atoms with Gasteiger partial charge in [-0.15, -0.1) is 0 Å². The van der Waals surface area contributed by atoms with Crippen LogP contribution in [0.3, 0.4) is 0 Å². The highest BCUT2D eigenvalue weighted by atomic mass is 16.5. The maximum atomic E-state index is 12.5. The van der Waals surface area contributed by atoms with Crippen molar-refractivity contribution in [2.45, 2.75) is 38.8 Å². The lowest BCUT2D eigenvalue weighted by Crippen LogP contribution is -2.40. The van der Waals surface area contributed by atoms with Crippen LogP contribution < -0.4 is 4.74 Å². The van der Waals surface area contributed by atoms with E-state index < -0.39 is 0 Å². The Balaban J connectivity index is 2.14. The summed E-state index contributed by atoms with van der Waals surface area (Å²) in [4.78, 5) is 14.4. The molecular formula is C16H23NO3. The van der Waals surface area contributed by atoms with Crippen molar-refractivity contribution in [1.82, 2.24) is 4.90 Å². The predicted octanol–water partition coefficient (Wildman–Crippen LogP) is 2.78. The Labute approximate surface area is 120 Å². The molecule has 4 heteroatoms. The van der Waals surface area contributed by atoms with Crippen molar-refractivity contribution in [2.75, 3.05) is 20.3 Å². The van der Waals surface area contributed by atoms with Crippen molar-refractivity contribution < 1.29 is 14.3 Å². The number of hydrogen-bond donors (Lipinski definition) is 0. The first-order valence-corrected chi connectivity index (χ1v) is 7.23. The van der Waals surface area contributed by atoms with Gasteiger partial charge in [0, 0.05) is 13.2 Å². The van der Waals surface area contributed by atoms with Crippen molar-refractivity contribution in [3.05, 3.63) is 29.8 Å². The summed E-state index contributed by atoms with van der Waals surface area (Å²) in [5.41, 5.74) is 1.08. The Morgan fingerprint density at radius 2 is 2.35 bits per heavy atom. The number of amides is 1. The molecule has 0 N–H and O–H groups in total. The van der Waals surface area contributed by atoms with Gasteiger partial charge in [-0.3, -0.25) is 4.79 Å². The van der Waals surface area contributed by atoms with Gasteiger partial charge in [-0.1, -0.05) is 12.1 Å². The van der Waals surface area contributed by atoms with E-state index in [0.29, 0.717) is 13.2 Å². The molecule has 1 aromatic rings. The van der Waals surface area contributed by atoms with Crippen LogP contribution in [0.15, 0.2) is 24.3 Å². The summed E-state index contributed by atoms with van der Waals surface area (Å²) in [6.45, 7) is 5.42. The Bertz CT molecular complexity index is 455. The van der Waals surface area contributed by atoms with Gasteiger partial charge in [0.15, 0.2) is 0 Å². The average Bonchev–Trinajstić information content (AvgIpc) is 3.02. The van der Waals surface area contributed by atoms with Crippen LogP contribution in [0.5, 0.6) is 5.75 Å². The normalized spacial score (nSPS) is 19.6. The first-order valence-electron chi connectivity index (χ1n) is 7.23. The first kappa shape index (κ1) is 14.9. The minimum atomic E-state index is -0.261. The van der Waals surface area contributed by atoms with E-state index in [1.54, 1.807) is 7.11 Å². The van der Waals surface area contributed by atoms with Crippen LogP contribution in [0.1, 0.15) is 38.3 Å². The molecule has 1 aliphatic rings. The second kappa shape index (κ2) is 6.75. The molecule has 0 bridgehead atoms. The predicted molar refractivity (Wildman–Crippen MR) is 77.8 cm³/mol. The molecule has 0 saturated carbocycles. The minimum absolute atomic E-state index is 0.0202. The van der Waals surface area contributed by atoms with Crippen LogP contribution >= 0.6 is 0 Å². The van der Waals surface area contributed by atoms with Crippen LogP contribution in [-0.4, -0.2) is 37.2 Å². The first-order chi connectivity index (χ1) is 9.67. The summed E-state index contributed by atoms with van der Waals surface area (Å²) < 4.78 is 10.8. The van der Waals surface area contributed by atoms with Gasteiger partial charge >= 0.3 is 0 Å². The second-order valence-electron chi connectivity index (χ2n) is 5.08. The van der Waals surface area contributed by atoms with Crippen LogP contribution in [0.2, 0.25) is 0 Å². The molecule has 1 amide bonds. The zero-order valence-electron chi connectivity index (χ0n) is 12.5. The average molecular weight is 277 g/mol. The van der Waals surface area contributed by atoms with E-state index in [9.17, 15) is 4.79 Å². The van der Waals surface area contributed by atoms with Crippen molar-refractivity contribution in [1.29, 1.82) is 0 Å². The van der Waals surface area contributed by atoms with Gasteiger partial charge < -0.3 is 14.4 Å². The lowest BCUT2D eigenvalue weighted by Gasteiger charge is -2.30. The number of carbonyl (C=O) groups is 1. The van der Waals surface area contributed by atoms with Gasteiger partial charge in [0.1, 0.15) is 11.9 Å². The van der Waals surface area contributed by atoms with Gasteiger partial charge in [0.2, 0.25) is 0 Å². The largest absolute Gasteiger partial charge is 0.497 e. The number of nitrogens with zero attached hydrogens (tertiary/aromatic N) is 1. The van der Waals surface area contributed by atoms with Crippen molar-refractivity contribution in [3.8, 4) is 5.75 Å². The fraction of sp³-hybridized carbons (Fsp3) is 0.562. The summed E-state index contributed by atoms with van der Waals surface area (Å²) in [6, 6.07) is 7.89. The maximum Gasteiger partial charge on any atom is 0.252 e. The van der Waals surface area contributed by atoms with E-state index in [1.165, 1.54) is 0 Å². The number of hydrogen-bond acceptors (Lipinski definition) is 3. The molecular weight excluding hydrogens is 254 g/mol. The molecule has 2 unspecified atom stereocenters. The minimum Gasteiger partial charge on any atom is -0.497 e. The third kappa shape index (κ3) is 3.12. The van der Waals surface area contributed by atoms with Gasteiger partial charge in [0.25, 0.3) is 5.91 Å². The lowest BCUT2D eigenvalue weighted by molar-refractivity contribution is -0.143. The monoisotopic (exact) mass is 277 g/mol. The molecule has 1 heterocycles. The highest BCUT2D eigenvalue weighted by Gasteiger charge is 2.30. The highest BCUT2D eigenvalue weighted by Crippen LogP contribution is 2.26. The van der Waals surface area contributed by atoms with Crippen LogP contribution in [0.25, 0.3) is 0 Å². The molecule has 2 atom stereocenters. The molecule has 2 rings (SSSR count). The summed E-state index contributed by atoms with van der Waals surface area (Å²) in [5.74, 6) is 0.912. The molecule has 1 fully saturated rings. The molecule has 0 spiro atoms. The van der Waals surface area contributed by atoms with Crippen molar-refractivity contribution in [2.24, 2.45) is 0 Å². The molecule has 4 nitrogen and oxygen atoms in total. The third-order valence-corrected chi connectivity index (χ3v) is 3.87. The zero-order chi connectivity index (χ0) is 14.5. The Hall–Kier alpha value is -1.55. The number of carbonyl (C=O) groups excluding carboxylic acids is 1. The highest BCUT2D eigenvalue weighted by molar-refractivity contribution is 5.81. The molecule has 20 heavy (non-hydrogen) atoms. The molecule has 1 saturated heterocycles. The summed E-state index contributed by atoms with van der Waals surface area (Å²) >= 11 is 0. The molecule has 110 valence electrons. The van der Waals surface area contributed by atoms with E-state index in [0.717, 1.165) is 24.2 Å². The van der Waals surface area contributed by atoms with Crippen molar-refractivity contribution in [3.63, 3.8) is 0 Å². The topological polar surface area (TPSA) is 38.8 Å². The van der Waals surface area contributed by atoms with Gasteiger partial charge in [-0.05, 0) is 44.4 Å². The van der Waals surface area contributed by atoms with Gasteiger partial charge in [-0.25, -0.2) is 0 Å². The Kier molecular flexibility index (Phi) is 5.01. The van der Waals surface area contributed by atoms with E-state index in [2.05, 4.69) is 0 Å². The van der Waals surface area contributed by atoms with E-state index in [4.69, 9.17) is 9.47 Å². The molecule has 0 radical (unpaired) electrons. The second-order valence-corrected chi connectivity index (χ2v) is 5.08. The lowest BCUT2D eigenvalue weighted by atomic mass is 10.1.